The third-order valence-corrected chi connectivity index (χ3v) is 3.41. The molecule has 1 fully saturated rings. The minimum atomic E-state index is 0.656. The molecule has 3 heteroatoms. The maximum atomic E-state index is 5.76. The molecule has 3 nitrogen and oxygen atoms in total. The second kappa shape index (κ2) is 5.10. The fraction of sp³-hybridized carbons (Fsp3) is 0.538. The van der Waals surface area contributed by atoms with Crippen LogP contribution in [-0.4, -0.2) is 6.54 Å². The topological polar surface area (TPSA) is 64.1 Å². The molecule has 1 aliphatic carbocycles. The summed E-state index contributed by atoms with van der Waals surface area (Å²) in [4.78, 5) is 0. The highest BCUT2D eigenvalue weighted by molar-refractivity contribution is 5.69. The molecule has 0 bridgehead atoms. The van der Waals surface area contributed by atoms with Crippen molar-refractivity contribution in [3.8, 4) is 0 Å². The zero-order valence-corrected chi connectivity index (χ0v) is 9.71. The SMILES string of the molecule is Nc1ccc(NCC2CCCCC2)cc1N. The Labute approximate surface area is 97.2 Å². The van der Waals surface area contributed by atoms with Crippen LogP contribution in [0.4, 0.5) is 17.1 Å². The monoisotopic (exact) mass is 219 g/mol. The van der Waals surface area contributed by atoms with Crippen LogP contribution in [-0.2, 0) is 0 Å². The van der Waals surface area contributed by atoms with E-state index >= 15 is 0 Å². The van der Waals surface area contributed by atoms with Gasteiger partial charge >= 0.3 is 0 Å². The van der Waals surface area contributed by atoms with Crippen molar-refractivity contribution in [3.05, 3.63) is 18.2 Å². The van der Waals surface area contributed by atoms with Crippen molar-refractivity contribution < 1.29 is 0 Å². The van der Waals surface area contributed by atoms with Crippen LogP contribution >= 0.6 is 0 Å². The standard InChI is InChI=1S/C13H21N3/c14-12-7-6-11(8-13(12)15)16-9-10-4-2-1-3-5-10/h6-8,10,16H,1-5,9,14-15H2. The van der Waals surface area contributed by atoms with Crippen LogP contribution in [0.3, 0.4) is 0 Å². The molecule has 5 N–H and O–H groups in total. The van der Waals surface area contributed by atoms with Gasteiger partial charge in [0.1, 0.15) is 0 Å². The molecule has 0 spiro atoms. The second-order valence-electron chi connectivity index (χ2n) is 4.73. The lowest BCUT2D eigenvalue weighted by molar-refractivity contribution is 0.373. The highest BCUT2D eigenvalue weighted by Gasteiger charge is 2.12. The second-order valence-corrected chi connectivity index (χ2v) is 4.73. The fourth-order valence-electron chi connectivity index (χ4n) is 2.34. The summed E-state index contributed by atoms with van der Waals surface area (Å²) in [6, 6.07) is 5.77. The van der Waals surface area contributed by atoms with Crippen molar-refractivity contribution in [2.24, 2.45) is 5.92 Å². The summed E-state index contributed by atoms with van der Waals surface area (Å²) in [7, 11) is 0. The molecule has 0 amide bonds. The number of nitrogens with one attached hydrogen (secondary N) is 1. The third kappa shape index (κ3) is 2.81. The zero-order chi connectivity index (χ0) is 11.4. The molecule has 0 aromatic heterocycles. The molecule has 0 saturated heterocycles. The van der Waals surface area contributed by atoms with E-state index in [9.17, 15) is 0 Å². The van der Waals surface area contributed by atoms with Crippen molar-refractivity contribution in [2.75, 3.05) is 23.3 Å². The lowest BCUT2D eigenvalue weighted by atomic mass is 9.89. The van der Waals surface area contributed by atoms with Gasteiger partial charge in [-0.3, -0.25) is 0 Å². The van der Waals surface area contributed by atoms with Gasteiger partial charge in [0, 0.05) is 12.2 Å². The van der Waals surface area contributed by atoms with Gasteiger partial charge in [0.05, 0.1) is 11.4 Å². The van der Waals surface area contributed by atoms with Crippen molar-refractivity contribution in [3.63, 3.8) is 0 Å². The predicted molar refractivity (Wildman–Crippen MR) is 70.3 cm³/mol. The van der Waals surface area contributed by atoms with Crippen LogP contribution in [0.25, 0.3) is 0 Å². The Bertz CT molecular complexity index is 343. The Morgan fingerprint density at radius 3 is 2.50 bits per heavy atom. The first kappa shape index (κ1) is 11.1. The molecular weight excluding hydrogens is 198 g/mol. The van der Waals surface area contributed by atoms with Gasteiger partial charge in [0.25, 0.3) is 0 Å². The van der Waals surface area contributed by atoms with Crippen molar-refractivity contribution >= 4 is 17.1 Å². The molecule has 88 valence electrons. The quantitative estimate of drug-likeness (QED) is 0.685. The first-order valence-corrected chi connectivity index (χ1v) is 6.14. The minimum Gasteiger partial charge on any atom is -0.397 e. The van der Waals surface area contributed by atoms with Crippen LogP contribution in [0.2, 0.25) is 0 Å². The molecule has 16 heavy (non-hydrogen) atoms. The Morgan fingerprint density at radius 1 is 1.06 bits per heavy atom. The summed E-state index contributed by atoms with van der Waals surface area (Å²) < 4.78 is 0. The number of anilines is 3. The Kier molecular flexibility index (Phi) is 3.54. The largest absolute Gasteiger partial charge is 0.397 e. The molecule has 0 radical (unpaired) electrons. The first-order chi connectivity index (χ1) is 7.75. The van der Waals surface area contributed by atoms with Crippen LogP contribution in [0.1, 0.15) is 32.1 Å². The molecule has 0 unspecified atom stereocenters. The predicted octanol–water partition coefficient (Wildman–Crippen LogP) is 2.84. The molecule has 2 rings (SSSR count). The molecule has 1 aliphatic rings. The van der Waals surface area contributed by atoms with Gasteiger partial charge in [-0.25, -0.2) is 0 Å². The highest BCUT2D eigenvalue weighted by atomic mass is 14.9. The maximum Gasteiger partial charge on any atom is 0.0568 e. The summed E-state index contributed by atoms with van der Waals surface area (Å²) in [5, 5.41) is 3.45. The molecular formula is C13H21N3. The van der Waals surface area contributed by atoms with E-state index in [0.717, 1.165) is 18.2 Å². The number of rotatable bonds is 3. The van der Waals surface area contributed by atoms with E-state index in [1.54, 1.807) is 0 Å². The number of hydrogen-bond donors (Lipinski definition) is 3. The number of benzene rings is 1. The minimum absolute atomic E-state index is 0.656. The summed E-state index contributed by atoms with van der Waals surface area (Å²) >= 11 is 0. The van der Waals surface area contributed by atoms with Gasteiger partial charge in [-0.2, -0.15) is 0 Å². The number of hydrogen-bond acceptors (Lipinski definition) is 3. The number of nitrogens with two attached hydrogens (primary N) is 2. The van der Waals surface area contributed by atoms with Crippen molar-refractivity contribution in [2.45, 2.75) is 32.1 Å². The Morgan fingerprint density at radius 2 is 1.81 bits per heavy atom. The van der Waals surface area contributed by atoms with Gasteiger partial charge < -0.3 is 16.8 Å². The van der Waals surface area contributed by atoms with E-state index in [1.165, 1.54) is 32.1 Å². The highest BCUT2D eigenvalue weighted by Crippen LogP contribution is 2.25. The summed E-state index contributed by atoms with van der Waals surface area (Å²) in [5.41, 5.74) is 13.8. The summed E-state index contributed by atoms with van der Waals surface area (Å²) in [5.74, 6) is 0.826. The average molecular weight is 219 g/mol. The average Bonchev–Trinajstić information content (AvgIpc) is 2.32. The van der Waals surface area contributed by atoms with E-state index in [2.05, 4.69) is 5.32 Å². The van der Waals surface area contributed by atoms with Crippen LogP contribution in [0, 0.1) is 5.92 Å². The number of nitrogen functional groups attached to an aromatic ring is 2. The van der Waals surface area contributed by atoms with Gasteiger partial charge in [-0.15, -0.1) is 0 Å². The molecule has 0 atom stereocenters. The first-order valence-electron chi connectivity index (χ1n) is 6.14. The van der Waals surface area contributed by atoms with Crippen LogP contribution in [0.5, 0.6) is 0 Å². The van der Waals surface area contributed by atoms with Gasteiger partial charge in [-0.1, -0.05) is 19.3 Å². The Hall–Kier alpha value is -1.38. The summed E-state index contributed by atoms with van der Waals surface area (Å²) in [6.45, 7) is 1.06. The van der Waals surface area contributed by atoms with E-state index in [1.807, 2.05) is 18.2 Å². The van der Waals surface area contributed by atoms with E-state index < -0.39 is 0 Å². The molecule has 1 aromatic carbocycles. The molecule has 1 saturated carbocycles. The maximum absolute atomic E-state index is 5.76. The van der Waals surface area contributed by atoms with E-state index in [-0.39, 0.29) is 0 Å². The lowest BCUT2D eigenvalue weighted by Crippen LogP contribution is -2.17. The van der Waals surface area contributed by atoms with Crippen molar-refractivity contribution in [1.82, 2.24) is 0 Å². The fourth-order valence-corrected chi connectivity index (χ4v) is 2.34. The molecule has 0 heterocycles. The summed E-state index contributed by atoms with van der Waals surface area (Å²) in [6.07, 6.45) is 6.90. The van der Waals surface area contributed by atoms with Crippen LogP contribution in [0.15, 0.2) is 18.2 Å². The van der Waals surface area contributed by atoms with Gasteiger partial charge in [0.15, 0.2) is 0 Å². The Balaban J connectivity index is 1.86. The van der Waals surface area contributed by atoms with Gasteiger partial charge in [-0.05, 0) is 37.0 Å². The van der Waals surface area contributed by atoms with Crippen LogP contribution < -0.4 is 16.8 Å². The molecule has 0 aliphatic heterocycles. The lowest BCUT2D eigenvalue weighted by Gasteiger charge is -2.22. The van der Waals surface area contributed by atoms with E-state index in [4.69, 9.17) is 11.5 Å². The van der Waals surface area contributed by atoms with Crippen molar-refractivity contribution in [1.29, 1.82) is 0 Å². The van der Waals surface area contributed by atoms with Gasteiger partial charge in [0.2, 0.25) is 0 Å². The normalized spacial score (nSPS) is 17.2. The smallest absolute Gasteiger partial charge is 0.0568 e. The third-order valence-electron chi connectivity index (χ3n) is 3.41. The zero-order valence-electron chi connectivity index (χ0n) is 9.71. The molecule has 1 aromatic rings. The van der Waals surface area contributed by atoms with E-state index in [0.29, 0.717) is 11.4 Å².